The van der Waals surface area contributed by atoms with Gasteiger partial charge in [-0.15, -0.1) is 0 Å². The maximum Gasteiger partial charge on any atom is 0.337 e. The van der Waals surface area contributed by atoms with Gasteiger partial charge in [0.15, 0.2) is 5.82 Å². The van der Waals surface area contributed by atoms with E-state index in [2.05, 4.69) is 20.2 Å². The molecule has 35 heavy (non-hydrogen) atoms. The number of amides is 1. The van der Waals surface area contributed by atoms with Gasteiger partial charge in [-0.3, -0.25) is 4.79 Å². The van der Waals surface area contributed by atoms with Crippen LogP contribution in [0.15, 0.2) is 48.7 Å². The lowest BCUT2D eigenvalue weighted by atomic mass is 9.89. The van der Waals surface area contributed by atoms with E-state index in [1.807, 2.05) is 6.92 Å². The van der Waals surface area contributed by atoms with E-state index in [0.29, 0.717) is 64.2 Å². The average Bonchev–Trinajstić information content (AvgIpc) is 2.86. The molecular weight excluding hydrogens is 489 g/mol. The van der Waals surface area contributed by atoms with Gasteiger partial charge in [-0.25, -0.2) is 14.8 Å². The number of hydrogen-bond acceptors (Lipinski definition) is 7. The molecule has 0 aliphatic carbocycles. The molecule has 0 bridgehead atoms. The summed E-state index contributed by atoms with van der Waals surface area (Å²) >= 11 is 12.4. The van der Waals surface area contributed by atoms with Crippen molar-refractivity contribution in [1.82, 2.24) is 15.3 Å². The average molecular weight is 514 g/mol. The molecule has 1 fully saturated rings. The summed E-state index contributed by atoms with van der Waals surface area (Å²) in [7, 11) is 1.32. The Labute approximate surface area is 213 Å². The molecular formula is C25H25Cl2N5O3. The first-order valence-corrected chi connectivity index (χ1v) is 11.8. The van der Waals surface area contributed by atoms with E-state index in [-0.39, 0.29) is 17.3 Å². The number of ether oxygens (including phenoxy) is 1. The van der Waals surface area contributed by atoms with Crippen molar-refractivity contribution in [3.63, 3.8) is 0 Å². The van der Waals surface area contributed by atoms with Crippen LogP contribution in [-0.2, 0) is 4.74 Å². The Hall–Kier alpha value is -3.36. The largest absolute Gasteiger partial charge is 0.465 e. The third kappa shape index (κ3) is 5.33. The number of esters is 1. The number of anilines is 2. The maximum absolute atomic E-state index is 12.8. The fourth-order valence-corrected chi connectivity index (χ4v) is 4.41. The molecule has 0 spiro atoms. The number of halogens is 2. The SMILES string of the molecule is COC(=O)c1ccc(C(=O)NC2(C)CCN(c3cnc(-c4cccc(Cl)c4Cl)c(N)n3)CC2)cc1. The second-order valence-corrected chi connectivity index (χ2v) is 9.42. The van der Waals surface area contributed by atoms with E-state index < -0.39 is 5.97 Å². The van der Waals surface area contributed by atoms with Gasteiger partial charge < -0.3 is 20.7 Å². The zero-order valence-corrected chi connectivity index (χ0v) is 20.9. The first-order chi connectivity index (χ1) is 16.7. The molecule has 2 aromatic carbocycles. The van der Waals surface area contributed by atoms with Gasteiger partial charge in [0.1, 0.15) is 11.5 Å². The van der Waals surface area contributed by atoms with Crippen LogP contribution in [0.1, 0.15) is 40.5 Å². The lowest BCUT2D eigenvalue weighted by molar-refractivity contribution is 0.0600. The number of carbonyl (C=O) groups is 2. The van der Waals surface area contributed by atoms with E-state index in [1.165, 1.54) is 7.11 Å². The highest BCUT2D eigenvalue weighted by molar-refractivity contribution is 6.43. The Morgan fingerprint density at radius 3 is 2.37 bits per heavy atom. The number of nitrogens with one attached hydrogen (secondary N) is 1. The molecule has 1 aliphatic rings. The van der Waals surface area contributed by atoms with Crippen molar-refractivity contribution < 1.29 is 14.3 Å². The number of nitrogen functional groups attached to an aromatic ring is 1. The molecule has 1 amide bonds. The van der Waals surface area contributed by atoms with Gasteiger partial charge in [-0.1, -0.05) is 35.3 Å². The number of benzene rings is 2. The summed E-state index contributed by atoms with van der Waals surface area (Å²) in [4.78, 5) is 35.5. The molecule has 3 N–H and O–H groups in total. The van der Waals surface area contributed by atoms with E-state index >= 15 is 0 Å². The number of piperidine rings is 1. The fourth-order valence-electron chi connectivity index (χ4n) is 4.02. The summed E-state index contributed by atoms with van der Waals surface area (Å²) in [6, 6.07) is 11.7. The molecule has 4 rings (SSSR count). The van der Waals surface area contributed by atoms with Gasteiger partial charge in [-0.05, 0) is 50.1 Å². The summed E-state index contributed by atoms with van der Waals surface area (Å²) in [5.41, 5.74) is 7.81. The molecule has 0 saturated carbocycles. The lowest BCUT2D eigenvalue weighted by Gasteiger charge is -2.40. The molecule has 1 aliphatic heterocycles. The van der Waals surface area contributed by atoms with Crippen LogP contribution in [0.4, 0.5) is 11.6 Å². The summed E-state index contributed by atoms with van der Waals surface area (Å²) in [5, 5.41) is 3.93. The molecule has 182 valence electrons. The van der Waals surface area contributed by atoms with Gasteiger partial charge in [0.05, 0.1) is 28.9 Å². The Balaban J connectivity index is 1.40. The third-order valence-electron chi connectivity index (χ3n) is 6.17. The van der Waals surface area contributed by atoms with Crippen molar-refractivity contribution in [2.75, 3.05) is 30.8 Å². The highest BCUT2D eigenvalue weighted by Crippen LogP contribution is 2.35. The summed E-state index contributed by atoms with van der Waals surface area (Å²) in [5.74, 6) is 0.299. The number of hydrogen-bond donors (Lipinski definition) is 2. The highest BCUT2D eigenvalue weighted by Gasteiger charge is 2.32. The zero-order valence-electron chi connectivity index (χ0n) is 19.3. The molecule has 0 unspecified atom stereocenters. The second kappa shape index (κ2) is 10.1. The van der Waals surface area contributed by atoms with Gasteiger partial charge in [0.25, 0.3) is 5.91 Å². The predicted octanol–water partition coefficient (Wildman–Crippen LogP) is 4.61. The number of aromatic nitrogens is 2. The smallest absolute Gasteiger partial charge is 0.337 e. The Morgan fingerprint density at radius 1 is 1.09 bits per heavy atom. The van der Waals surface area contributed by atoms with Crippen molar-refractivity contribution in [2.24, 2.45) is 0 Å². The van der Waals surface area contributed by atoms with Crippen LogP contribution in [0.5, 0.6) is 0 Å². The van der Waals surface area contributed by atoms with Crippen molar-refractivity contribution in [1.29, 1.82) is 0 Å². The number of nitrogens with two attached hydrogens (primary N) is 1. The summed E-state index contributed by atoms with van der Waals surface area (Å²) in [6.45, 7) is 3.36. The zero-order chi connectivity index (χ0) is 25.2. The van der Waals surface area contributed by atoms with Gasteiger partial charge in [-0.2, -0.15) is 0 Å². The van der Waals surface area contributed by atoms with Crippen LogP contribution in [0, 0.1) is 0 Å². The Morgan fingerprint density at radius 2 is 1.74 bits per heavy atom. The predicted molar refractivity (Wildman–Crippen MR) is 137 cm³/mol. The van der Waals surface area contributed by atoms with E-state index in [1.54, 1.807) is 48.7 Å². The minimum atomic E-state index is -0.441. The second-order valence-electron chi connectivity index (χ2n) is 8.63. The molecule has 3 aromatic rings. The van der Waals surface area contributed by atoms with E-state index in [9.17, 15) is 9.59 Å². The normalized spacial score (nSPS) is 14.9. The topological polar surface area (TPSA) is 110 Å². The lowest BCUT2D eigenvalue weighted by Crippen LogP contribution is -2.53. The van der Waals surface area contributed by atoms with Crippen LogP contribution in [0.25, 0.3) is 11.3 Å². The van der Waals surface area contributed by atoms with Crippen molar-refractivity contribution in [3.05, 3.63) is 69.8 Å². The van der Waals surface area contributed by atoms with Crippen LogP contribution in [-0.4, -0.2) is 47.6 Å². The number of rotatable bonds is 5. The Kier molecular flexibility index (Phi) is 7.14. The first-order valence-electron chi connectivity index (χ1n) is 11.0. The standard InChI is InChI=1S/C25H25Cl2N5O3/c1-25(31-23(33)15-6-8-16(9-7-15)24(34)35-2)10-12-32(13-11-25)19-14-29-21(22(28)30-19)17-4-3-5-18(26)20(17)27/h3-9,14H,10-13H2,1-2H3,(H2,28,30)(H,31,33). The number of carbonyl (C=O) groups excluding carboxylic acids is 2. The Bertz CT molecular complexity index is 1260. The minimum Gasteiger partial charge on any atom is -0.465 e. The van der Waals surface area contributed by atoms with Crippen molar-refractivity contribution >= 4 is 46.7 Å². The fraction of sp³-hybridized carbons (Fsp3) is 0.280. The summed E-state index contributed by atoms with van der Waals surface area (Å²) < 4.78 is 4.69. The maximum atomic E-state index is 12.8. The monoisotopic (exact) mass is 513 g/mol. The molecule has 10 heteroatoms. The van der Waals surface area contributed by atoms with Crippen molar-refractivity contribution in [3.8, 4) is 11.3 Å². The quantitative estimate of drug-likeness (QED) is 0.479. The van der Waals surface area contributed by atoms with Crippen LogP contribution in [0.3, 0.4) is 0 Å². The van der Waals surface area contributed by atoms with Crippen LogP contribution >= 0.6 is 23.2 Å². The molecule has 0 radical (unpaired) electrons. The molecule has 8 nitrogen and oxygen atoms in total. The van der Waals surface area contributed by atoms with E-state index in [0.717, 1.165) is 0 Å². The summed E-state index contributed by atoms with van der Waals surface area (Å²) in [6.07, 6.45) is 3.10. The minimum absolute atomic E-state index is 0.191. The van der Waals surface area contributed by atoms with Crippen LogP contribution < -0.4 is 16.0 Å². The van der Waals surface area contributed by atoms with E-state index in [4.69, 9.17) is 33.7 Å². The van der Waals surface area contributed by atoms with Gasteiger partial charge in [0.2, 0.25) is 0 Å². The van der Waals surface area contributed by atoms with Crippen LogP contribution in [0.2, 0.25) is 10.0 Å². The molecule has 1 aromatic heterocycles. The third-order valence-corrected chi connectivity index (χ3v) is 6.99. The van der Waals surface area contributed by atoms with Gasteiger partial charge in [0, 0.05) is 29.8 Å². The first kappa shape index (κ1) is 24.8. The molecule has 1 saturated heterocycles. The molecule has 2 heterocycles. The van der Waals surface area contributed by atoms with Gasteiger partial charge >= 0.3 is 5.97 Å². The number of nitrogens with zero attached hydrogens (tertiary/aromatic N) is 3. The van der Waals surface area contributed by atoms with Crippen molar-refractivity contribution in [2.45, 2.75) is 25.3 Å². The number of methoxy groups -OCH3 is 1. The molecule has 0 atom stereocenters. The highest BCUT2D eigenvalue weighted by atomic mass is 35.5.